The Labute approximate surface area is 97.7 Å². The van der Waals surface area contributed by atoms with Crippen LogP contribution in [0, 0.1) is 17.3 Å². The van der Waals surface area contributed by atoms with Crippen molar-refractivity contribution in [2.24, 2.45) is 17.3 Å². The van der Waals surface area contributed by atoms with E-state index < -0.39 is 0 Å². The van der Waals surface area contributed by atoms with E-state index >= 15 is 0 Å². The molecular formula is C14H32O. The summed E-state index contributed by atoms with van der Waals surface area (Å²) in [6.07, 6.45) is 1.86. The van der Waals surface area contributed by atoms with Gasteiger partial charge < -0.3 is 0 Å². The molecule has 0 N–H and O–H groups in total. The Kier molecular flexibility index (Phi) is 10.6. The Morgan fingerprint density at radius 3 is 1.73 bits per heavy atom. The van der Waals surface area contributed by atoms with Crippen LogP contribution in [0.4, 0.5) is 0 Å². The van der Waals surface area contributed by atoms with Crippen molar-refractivity contribution in [2.75, 3.05) is 0 Å². The minimum Gasteiger partial charge on any atom is -0.299 e. The quantitative estimate of drug-likeness (QED) is 0.635. The number of carbonyl (C=O) groups excluding carboxylic acids is 1. The van der Waals surface area contributed by atoms with Crippen LogP contribution in [-0.4, -0.2) is 5.78 Å². The molecule has 0 aromatic carbocycles. The van der Waals surface area contributed by atoms with E-state index in [1.807, 2.05) is 13.8 Å². The molecule has 0 atom stereocenters. The van der Waals surface area contributed by atoms with Gasteiger partial charge in [0.1, 0.15) is 5.78 Å². The summed E-state index contributed by atoms with van der Waals surface area (Å²) >= 11 is 0. The summed E-state index contributed by atoms with van der Waals surface area (Å²) in [6.45, 7) is 12.8. The molecule has 0 amide bonds. The van der Waals surface area contributed by atoms with E-state index in [-0.39, 0.29) is 26.2 Å². The molecule has 0 fully saturated rings. The van der Waals surface area contributed by atoms with Gasteiger partial charge in [0.05, 0.1) is 0 Å². The lowest BCUT2D eigenvalue weighted by molar-refractivity contribution is -0.124. The number of ketones is 1. The number of Topliss-reactive ketones (excluding diaryl/α,β-unsaturated/α-hetero) is 1. The second-order valence-electron chi connectivity index (χ2n) is 5.56. The highest BCUT2D eigenvalue weighted by Gasteiger charge is 2.24. The molecule has 1 heteroatoms. The van der Waals surface area contributed by atoms with Crippen molar-refractivity contribution in [3.8, 4) is 0 Å². The molecule has 0 aliphatic rings. The molecule has 0 saturated carbocycles. The predicted octanol–water partition coefficient (Wildman–Crippen LogP) is 4.95. The molecule has 0 unspecified atom stereocenters. The first-order valence-corrected chi connectivity index (χ1v) is 5.27. The van der Waals surface area contributed by atoms with Gasteiger partial charge in [0.2, 0.25) is 0 Å². The maximum absolute atomic E-state index is 11.5. The van der Waals surface area contributed by atoms with Crippen LogP contribution in [0.5, 0.6) is 0 Å². The maximum atomic E-state index is 11.5. The predicted molar refractivity (Wildman–Crippen MR) is 71.2 cm³/mol. The number of hydrogen-bond donors (Lipinski definition) is 0. The lowest BCUT2D eigenvalue weighted by atomic mass is 9.78. The third-order valence-electron chi connectivity index (χ3n) is 2.26. The van der Waals surface area contributed by atoms with Gasteiger partial charge in [-0.25, -0.2) is 0 Å². The Morgan fingerprint density at radius 2 is 1.47 bits per heavy atom. The lowest BCUT2D eigenvalue weighted by Crippen LogP contribution is -2.21. The summed E-state index contributed by atoms with van der Waals surface area (Å²) in [6, 6.07) is 0. The molecule has 15 heavy (non-hydrogen) atoms. The summed E-state index contributed by atoms with van der Waals surface area (Å²) in [4.78, 5) is 11.5. The standard InChI is InChI=1S/C12H24O.2CH4/c1-9(2)7-12(5,6)8-11(13)10(3)4;;/h9-10H,7-8H2,1-6H3;2*1H4. The van der Waals surface area contributed by atoms with Gasteiger partial charge in [-0.15, -0.1) is 0 Å². The topological polar surface area (TPSA) is 17.1 Å². The van der Waals surface area contributed by atoms with Crippen molar-refractivity contribution in [1.29, 1.82) is 0 Å². The molecular weight excluding hydrogens is 184 g/mol. The van der Waals surface area contributed by atoms with Crippen molar-refractivity contribution < 1.29 is 4.79 Å². The SMILES string of the molecule is C.C.CC(C)CC(C)(C)CC(=O)C(C)C. The third kappa shape index (κ3) is 9.96. The average Bonchev–Trinajstić information content (AvgIpc) is 1.81. The molecule has 0 radical (unpaired) electrons. The molecule has 0 saturated heterocycles. The first kappa shape index (κ1) is 20.1. The molecule has 0 aromatic rings. The summed E-state index contributed by atoms with van der Waals surface area (Å²) in [7, 11) is 0. The van der Waals surface area contributed by atoms with Crippen LogP contribution in [0.15, 0.2) is 0 Å². The molecule has 0 aliphatic carbocycles. The number of carbonyl (C=O) groups is 1. The summed E-state index contributed by atoms with van der Waals surface area (Å²) in [5, 5.41) is 0. The van der Waals surface area contributed by atoms with Gasteiger partial charge in [-0.1, -0.05) is 56.4 Å². The first-order valence-electron chi connectivity index (χ1n) is 5.27. The monoisotopic (exact) mass is 216 g/mol. The van der Waals surface area contributed by atoms with Crippen LogP contribution in [0.25, 0.3) is 0 Å². The van der Waals surface area contributed by atoms with Crippen LogP contribution in [0.2, 0.25) is 0 Å². The van der Waals surface area contributed by atoms with E-state index in [1.165, 1.54) is 0 Å². The molecule has 94 valence electrons. The first-order chi connectivity index (χ1) is 5.74. The highest BCUT2D eigenvalue weighted by Crippen LogP contribution is 2.30. The van der Waals surface area contributed by atoms with Crippen molar-refractivity contribution >= 4 is 5.78 Å². The van der Waals surface area contributed by atoms with Crippen molar-refractivity contribution in [3.05, 3.63) is 0 Å². The Balaban J connectivity index is -0.000000720. The van der Waals surface area contributed by atoms with E-state index in [9.17, 15) is 4.79 Å². The molecule has 0 spiro atoms. The molecule has 0 rings (SSSR count). The van der Waals surface area contributed by atoms with Crippen LogP contribution >= 0.6 is 0 Å². The van der Waals surface area contributed by atoms with E-state index in [0.29, 0.717) is 11.7 Å². The highest BCUT2D eigenvalue weighted by molar-refractivity contribution is 5.80. The van der Waals surface area contributed by atoms with Crippen LogP contribution in [-0.2, 0) is 4.79 Å². The van der Waals surface area contributed by atoms with Crippen molar-refractivity contribution in [3.63, 3.8) is 0 Å². The van der Waals surface area contributed by atoms with Gasteiger partial charge in [-0.05, 0) is 17.8 Å². The van der Waals surface area contributed by atoms with Gasteiger partial charge in [0.15, 0.2) is 0 Å². The van der Waals surface area contributed by atoms with Gasteiger partial charge in [-0.2, -0.15) is 0 Å². The molecule has 0 aliphatic heterocycles. The van der Waals surface area contributed by atoms with E-state index in [2.05, 4.69) is 27.7 Å². The normalized spacial score (nSPS) is 10.9. The van der Waals surface area contributed by atoms with Crippen molar-refractivity contribution in [1.82, 2.24) is 0 Å². The fourth-order valence-corrected chi connectivity index (χ4v) is 1.85. The summed E-state index contributed by atoms with van der Waals surface area (Å²) in [5.74, 6) is 1.26. The molecule has 1 nitrogen and oxygen atoms in total. The smallest absolute Gasteiger partial charge is 0.135 e. The van der Waals surface area contributed by atoms with Crippen LogP contribution in [0.1, 0.15) is 69.2 Å². The van der Waals surface area contributed by atoms with E-state index in [0.717, 1.165) is 12.8 Å². The lowest BCUT2D eigenvalue weighted by Gasteiger charge is -2.26. The Hall–Kier alpha value is -0.330. The zero-order chi connectivity index (χ0) is 10.6. The van der Waals surface area contributed by atoms with Crippen molar-refractivity contribution in [2.45, 2.75) is 69.2 Å². The average molecular weight is 216 g/mol. The second kappa shape index (κ2) is 7.90. The summed E-state index contributed by atoms with van der Waals surface area (Å²) in [5.41, 5.74) is 0.176. The van der Waals surface area contributed by atoms with E-state index in [4.69, 9.17) is 0 Å². The molecule has 0 heterocycles. The minimum absolute atomic E-state index is 0. The fraction of sp³-hybridized carbons (Fsp3) is 0.929. The zero-order valence-corrected chi connectivity index (χ0v) is 9.98. The van der Waals surface area contributed by atoms with E-state index in [1.54, 1.807) is 0 Å². The van der Waals surface area contributed by atoms with Crippen LogP contribution < -0.4 is 0 Å². The van der Waals surface area contributed by atoms with Crippen LogP contribution in [0.3, 0.4) is 0 Å². The van der Waals surface area contributed by atoms with Gasteiger partial charge in [0, 0.05) is 12.3 Å². The number of rotatable bonds is 5. The largest absolute Gasteiger partial charge is 0.299 e. The van der Waals surface area contributed by atoms with Gasteiger partial charge >= 0.3 is 0 Å². The summed E-state index contributed by atoms with van der Waals surface area (Å²) < 4.78 is 0. The second-order valence-corrected chi connectivity index (χ2v) is 5.56. The minimum atomic E-state index is 0. The zero-order valence-electron chi connectivity index (χ0n) is 9.98. The fourth-order valence-electron chi connectivity index (χ4n) is 1.85. The van der Waals surface area contributed by atoms with Gasteiger partial charge in [0.25, 0.3) is 0 Å². The maximum Gasteiger partial charge on any atom is 0.135 e. The Bertz CT molecular complexity index is 166. The highest BCUT2D eigenvalue weighted by atomic mass is 16.1. The van der Waals surface area contributed by atoms with Gasteiger partial charge in [-0.3, -0.25) is 4.79 Å². The Morgan fingerprint density at radius 1 is 1.07 bits per heavy atom. The third-order valence-corrected chi connectivity index (χ3v) is 2.26. The molecule has 0 bridgehead atoms. The molecule has 0 aromatic heterocycles. The number of hydrogen-bond acceptors (Lipinski definition) is 1.